The zero-order valence-corrected chi connectivity index (χ0v) is 10.2. The Hall–Kier alpha value is -1.05. The highest BCUT2D eigenvalue weighted by Gasteiger charge is 2.33. The summed E-state index contributed by atoms with van der Waals surface area (Å²) in [5, 5.41) is 3.02. The second kappa shape index (κ2) is 4.67. The Labute approximate surface area is 99.7 Å². The van der Waals surface area contributed by atoms with Crippen LogP contribution >= 0.6 is 0 Å². The number of halogens is 1. The molecular weight excluding hydrogens is 245 g/mol. The normalized spacial score (nSPS) is 17.1. The molecule has 1 aromatic rings. The molecule has 2 heterocycles. The van der Waals surface area contributed by atoms with E-state index in [0.29, 0.717) is 19.6 Å². The van der Waals surface area contributed by atoms with Crippen LogP contribution in [0.2, 0.25) is 0 Å². The molecule has 94 valence electrons. The molecule has 1 aliphatic rings. The first-order valence-corrected chi connectivity index (χ1v) is 6.83. The fourth-order valence-electron chi connectivity index (χ4n) is 1.77. The summed E-state index contributed by atoms with van der Waals surface area (Å²) in [4.78, 5) is 3.48. The first kappa shape index (κ1) is 12.4. The lowest BCUT2D eigenvalue weighted by Crippen LogP contribution is -2.58. The molecule has 17 heavy (non-hydrogen) atoms. The fourth-order valence-corrected chi connectivity index (χ4v) is 3.38. The minimum Gasteiger partial charge on any atom is -0.313 e. The second-order valence-corrected chi connectivity index (χ2v) is 5.75. The summed E-state index contributed by atoms with van der Waals surface area (Å²) in [5.41, 5.74) is 0. The lowest BCUT2D eigenvalue weighted by atomic mass is 10.2. The monoisotopic (exact) mass is 259 g/mol. The number of rotatable bonds is 4. The van der Waals surface area contributed by atoms with Crippen molar-refractivity contribution in [2.24, 2.45) is 0 Å². The molecule has 2 rings (SSSR count). The first-order valence-electron chi connectivity index (χ1n) is 5.39. The zero-order valence-electron chi connectivity index (χ0n) is 9.43. The van der Waals surface area contributed by atoms with Gasteiger partial charge in [-0.3, -0.25) is 4.98 Å². The third-order valence-electron chi connectivity index (χ3n) is 2.77. The van der Waals surface area contributed by atoms with Crippen molar-refractivity contribution in [2.75, 3.05) is 19.6 Å². The number of nitrogens with one attached hydrogen (secondary N) is 1. The first-order chi connectivity index (χ1) is 8.05. The van der Waals surface area contributed by atoms with Crippen LogP contribution in [0.15, 0.2) is 23.4 Å². The van der Waals surface area contributed by atoms with Crippen LogP contribution in [0.4, 0.5) is 4.39 Å². The van der Waals surface area contributed by atoms with Gasteiger partial charge in [0.15, 0.2) is 0 Å². The molecule has 1 aliphatic heterocycles. The number of hydrogen-bond acceptors (Lipinski definition) is 4. The van der Waals surface area contributed by atoms with Gasteiger partial charge in [0.2, 0.25) is 10.0 Å². The number of hydrogen-bond donors (Lipinski definition) is 1. The van der Waals surface area contributed by atoms with E-state index in [1.165, 1.54) is 10.5 Å². The number of pyridine rings is 1. The highest BCUT2D eigenvalue weighted by atomic mass is 32.2. The highest BCUT2D eigenvalue weighted by molar-refractivity contribution is 7.89. The van der Waals surface area contributed by atoms with Gasteiger partial charge in [0.25, 0.3) is 0 Å². The van der Waals surface area contributed by atoms with Crippen LogP contribution in [0.3, 0.4) is 0 Å². The largest absolute Gasteiger partial charge is 0.313 e. The van der Waals surface area contributed by atoms with Crippen LogP contribution in [-0.4, -0.2) is 43.4 Å². The van der Waals surface area contributed by atoms with E-state index in [9.17, 15) is 12.8 Å². The summed E-state index contributed by atoms with van der Waals surface area (Å²) in [5.74, 6) is -0.645. The van der Waals surface area contributed by atoms with Crippen molar-refractivity contribution in [3.05, 3.63) is 24.3 Å². The molecule has 7 heteroatoms. The van der Waals surface area contributed by atoms with E-state index >= 15 is 0 Å². The summed E-state index contributed by atoms with van der Waals surface area (Å²) >= 11 is 0. The Morgan fingerprint density at radius 2 is 2.24 bits per heavy atom. The molecule has 1 fully saturated rings. The molecule has 1 saturated heterocycles. The van der Waals surface area contributed by atoms with Gasteiger partial charge in [-0.25, -0.2) is 12.8 Å². The van der Waals surface area contributed by atoms with Crippen molar-refractivity contribution in [1.82, 2.24) is 14.6 Å². The average molecular weight is 259 g/mol. The predicted octanol–water partition coefficient (Wildman–Crippen LogP) is 0.203. The fraction of sp³-hybridized carbons (Fsp3) is 0.500. The van der Waals surface area contributed by atoms with E-state index in [0.717, 1.165) is 12.3 Å². The average Bonchev–Trinajstić information content (AvgIpc) is 2.22. The standard InChI is InChI=1S/C10H14FN3O2S/c1-2-14(9-5-13-6-9)17(15,16)10-3-8(11)4-12-7-10/h3-4,7,9,13H,2,5-6H2,1H3. The molecule has 0 unspecified atom stereocenters. The Morgan fingerprint density at radius 1 is 1.53 bits per heavy atom. The van der Waals surface area contributed by atoms with Gasteiger partial charge in [0, 0.05) is 25.8 Å². The van der Waals surface area contributed by atoms with Crippen LogP contribution in [0.5, 0.6) is 0 Å². The zero-order chi connectivity index (χ0) is 12.5. The molecule has 0 aromatic carbocycles. The van der Waals surface area contributed by atoms with Crippen LogP contribution in [0.25, 0.3) is 0 Å². The third kappa shape index (κ3) is 2.31. The molecule has 0 amide bonds. The summed E-state index contributed by atoms with van der Waals surface area (Å²) in [6.45, 7) is 3.40. The maximum absolute atomic E-state index is 13.0. The van der Waals surface area contributed by atoms with E-state index in [2.05, 4.69) is 10.3 Å². The minimum atomic E-state index is -3.64. The minimum absolute atomic E-state index is 0.0479. The molecule has 0 saturated carbocycles. The molecule has 0 radical (unpaired) electrons. The van der Waals surface area contributed by atoms with Crippen molar-refractivity contribution >= 4 is 10.0 Å². The van der Waals surface area contributed by atoms with E-state index in [1.54, 1.807) is 6.92 Å². The lowest BCUT2D eigenvalue weighted by Gasteiger charge is -2.36. The quantitative estimate of drug-likeness (QED) is 0.839. The Bertz CT molecular complexity index is 502. The van der Waals surface area contributed by atoms with Crippen molar-refractivity contribution in [3.63, 3.8) is 0 Å². The van der Waals surface area contributed by atoms with Gasteiger partial charge in [-0.05, 0) is 6.07 Å². The molecule has 0 bridgehead atoms. The highest BCUT2D eigenvalue weighted by Crippen LogP contribution is 2.19. The molecule has 5 nitrogen and oxygen atoms in total. The van der Waals surface area contributed by atoms with Crippen LogP contribution in [0, 0.1) is 5.82 Å². The number of aromatic nitrogens is 1. The van der Waals surface area contributed by atoms with E-state index < -0.39 is 15.8 Å². The smallest absolute Gasteiger partial charge is 0.245 e. The number of nitrogens with zero attached hydrogens (tertiary/aromatic N) is 2. The molecule has 0 atom stereocenters. The Balaban J connectivity index is 2.34. The molecular formula is C10H14FN3O2S. The predicted molar refractivity (Wildman–Crippen MR) is 60.4 cm³/mol. The summed E-state index contributed by atoms with van der Waals surface area (Å²) < 4.78 is 38.9. The van der Waals surface area contributed by atoms with Gasteiger partial charge in [-0.1, -0.05) is 6.92 Å². The van der Waals surface area contributed by atoms with Gasteiger partial charge in [-0.2, -0.15) is 4.31 Å². The van der Waals surface area contributed by atoms with E-state index in [4.69, 9.17) is 0 Å². The SMILES string of the molecule is CCN(C1CNC1)S(=O)(=O)c1cncc(F)c1. The van der Waals surface area contributed by atoms with Gasteiger partial charge in [0.1, 0.15) is 10.7 Å². The van der Waals surface area contributed by atoms with Gasteiger partial charge < -0.3 is 5.32 Å². The molecule has 1 aromatic heterocycles. The van der Waals surface area contributed by atoms with Gasteiger partial charge in [0.05, 0.1) is 12.2 Å². The van der Waals surface area contributed by atoms with Crippen molar-refractivity contribution in [2.45, 2.75) is 17.9 Å². The molecule has 0 aliphatic carbocycles. The summed E-state index contributed by atoms with van der Waals surface area (Å²) in [7, 11) is -3.64. The lowest BCUT2D eigenvalue weighted by molar-refractivity contribution is 0.249. The van der Waals surface area contributed by atoms with E-state index in [-0.39, 0.29) is 10.9 Å². The maximum atomic E-state index is 13.0. The van der Waals surface area contributed by atoms with Crippen molar-refractivity contribution in [3.8, 4) is 0 Å². The Morgan fingerprint density at radius 3 is 2.71 bits per heavy atom. The van der Waals surface area contributed by atoms with Crippen molar-refractivity contribution < 1.29 is 12.8 Å². The number of sulfonamides is 1. The molecule has 1 N–H and O–H groups in total. The van der Waals surface area contributed by atoms with E-state index in [1.807, 2.05) is 0 Å². The third-order valence-corrected chi connectivity index (χ3v) is 4.76. The van der Waals surface area contributed by atoms with Crippen LogP contribution < -0.4 is 5.32 Å². The Kier molecular flexibility index (Phi) is 3.41. The van der Waals surface area contributed by atoms with Crippen molar-refractivity contribution in [1.29, 1.82) is 0 Å². The second-order valence-electron chi connectivity index (χ2n) is 3.86. The topological polar surface area (TPSA) is 62.3 Å². The summed E-state index contributed by atoms with van der Waals surface area (Å²) in [6, 6.07) is 0.949. The van der Waals surface area contributed by atoms with Crippen LogP contribution in [-0.2, 0) is 10.0 Å². The van der Waals surface area contributed by atoms with Crippen LogP contribution in [0.1, 0.15) is 6.92 Å². The van der Waals surface area contributed by atoms with Gasteiger partial charge in [-0.15, -0.1) is 0 Å². The number of likely N-dealkylation sites (N-methyl/N-ethyl adjacent to an activating group) is 1. The summed E-state index contributed by atoms with van der Waals surface area (Å²) in [6.07, 6.45) is 2.16. The van der Waals surface area contributed by atoms with Gasteiger partial charge >= 0.3 is 0 Å². The molecule has 0 spiro atoms. The maximum Gasteiger partial charge on any atom is 0.245 e.